The van der Waals surface area contributed by atoms with Crippen LogP contribution >= 0.6 is 11.6 Å². The van der Waals surface area contributed by atoms with Crippen molar-refractivity contribution in [2.75, 3.05) is 43.4 Å². The number of nitrogens with two attached hydrogens (primary N) is 1. The van der Waals surface area contributed by atoms with Gasteiger partial charge < -0.3 is 20.7 Å². The Bertz CT molecular complexity index is 1800. The largest absolute Gasteiger partial charge is 0.461 e. The summed E-state index contributed by atoms with van der Waals surface area (Å²) in [5.41, 5.74) is 0.330. The van der Waals surface area contributed by atoms with Crippen molar-refractivity contribution in [3.63, 3.8) is 0 Å². The molecule has 3 unspecified atom stereocenters. The molecule has 4 saturated heterocycles. The van der Waals surface area contributed by atoms with Crippen LogP contribution in [0.15, 0.2) is 12.1 Å². The van der Waals surface area contributed by atoms with Gasteiger partial charge in [-0.25, -0.2) is 22.5 Å². The molecule has 1 saturated carbocycles. The number of nitrogen functional groups attached to an aromatic ring is 1. The van der Waals surface area contributed by atoms with E-state index in [4.69, 9.17) is 22.1 Å². The number of rotatable bonds is 5. The molecule has 2 bridgehead atoms. The number of halogens is 8. The molecule has 0 radical (unpaired) electrons. The summed E-state index contributed by atoms with van der Waals surface area (Å²) >= 11 is 6.56. The van der Waals surface area contributed by atoms with E-state index >= 15 is 4.39 Å². The third-order valence-corrected chi connectivity index (χ3v) is 10.9. The highest BCUT2D eigenvalue weighted by Crippen LogP contribution is 2.69. The second kappa shape index (κ2) is 10.2. The Morgan fingerprint density at radius 1 is 1.09 bits per heavy atom. The molecule has 2 aromatic heterocycles. The average Bonchev–Trinajstić information content (AvgIpc) is 3.22. The third kappa shape index (κ3) is 4.89. The second-order valence-corrected chi connectivity index (χ2v) is 14.3. The minimum atomic E-state index is -4.91. The van der Waals surface area contributed by atoms with Gasteiger partial charge in [-0.15, -0.1) is 0 Å². The van der Waals surface area contributed by atoms with Crippen molar-refractivity contribution in [2.24, 2.45) is 5.41 Å². The lowest BCUT2D eigenvalue weighted by atomic mass is 9.88. The van der Waals surface area contributed by atoms with Gasteiger partial charge in [0.25, 0.3) is 5.92 Å². The molecule has 252 valence electrons. The molecular formula is C31H31ClF7N7O. The standard InChI is InChI=1S/C31H31ClF7N7O/c1-14-4-20(40)42-25(22(14)31(37,38)39)21-19(32)5-18-24(23(21)34)43-27(44-26(18)45-8-16-2-3-17(9-45)41-16)47-13-29-6-15(33)7-46(29)12-28(10-29)11-30(28,35)36/h4-5,15-17,41H,2-3,6-13H2,1H3,(H2,40,42)/t15-,16?,17?,28?,29+/m1/s1. The summed E-state index contributed by atoms with van der Waals surface area (Å²) in [4.78, 5) is 16.4. The number of nitrogens with one attached hydrogen (secondary N) is 1. The van der Waals surface area contributed by atoms with Crippen LogP contribution in [0.4, 0.5) is 42.4 Å². The maximum Gasteiger partial charge on any atom is 0.418 e. The van der Waals surface area contributed by atoms with Crippen molar-refractivity contribution in [1.29, 1.82) is 0 Å². The number of nitrogens with zero attached hydrogens (tertiary/aromatic N) is 5. The number of ether oxygens (including phenoxy) is 1. The molecule has 5 aliphatic rings. The van der Waals surface area contributed by atoms with Gasteiger partial charge in [0.1, 0.15) is 29.9 Å². The normalized spacial score (nSPS) is 31.3. The fourth-order valence-corrected chi connectivity index (χ4v) is 8.82. The Hall–Kier alpha value is -3.17. The predicted molar refractivity (Wildman–Crippen MR) is 160 cm³/mol. The van der Waals surface area contributed by atoms with Crippen LogP contribution in [0, 0.1) is 18.2 Å². The summed E-state index contributed by atoms with van der Waals surface area (Å²) in [6, 6.07) is 2.33. The van der Waals surface area contributed by atoms with Gasteiger partial charge in [0.05, 0.1) is 32.8 Å². The van der Waals surface area contributed by atoms with E-state index in [-0.39, 0.29) is 90.2 Å². The first-order valence-electron chi connectivity index (χ1n) is 15.5. The summed E-state index contributed by atoms with van der Waals surface area (Å²) in [5.74, 6) is -4.01. The molecule has 8 nitrogen and oxygen atoms in total. The van der Waals surface area contributed by atoms with Crippen LogP contribution < -0.4 is 20.7 Å². The zero-order valence-corrected chi connectivity index (χ0v) is 26.0. The van der Waals surface area contributed by atoms with Crippen LogP contribution in [-0.4, -0.2) is 82.4 Å². The van der Waals surface area contributed by atoms with Gasteiger partial charge in [-0.05, 0) is 43.9 Å². The number of benzene rings is 1. The molecule has 0 amide bonds. The SMILES string of the molecule is Cc1cc(N)nc(-c2c(Cl)cc3c(N4CC5CCC(C4)N5)nc(OC[C@@]45C[C@@H](F)CN4CC4(CC4(F)F)C5)nc3c2F)c1C(F)(F)F. The highest BCUT2D eigenvalue weighted by atomic mass is 35.5. The summed E-state index contributed by atoms with van der Waals surface area (Å²) in [5, 5.41) is 3.31. The van der Waals surface area contributed by atoms with E-state index in [0.717, 1.165) is 18.9 Å². The molecule has 1 aromatic carbocycles. The predicted octanol–water partition coefficient (Wildman–Crippen LogP) is 5.92. The van der Waals surface area contributed by atoms with Crippen molar-refractivity contribution in [3.8, 4) is 17.3 Å². The number of hydrogen-bond acceptors (Lipinski definition) is 8. The first-order valence-corrected chi connectivity index (χ1v) is 15.9. The Morgan fingerprint density at radius 2 is 1.79 bits per heavy atom. The van der Waals surface area contributed by atoms with E-state index in [9.17, 15) is 26.3 Å². The number of hydrogen-bond donors (Lipinski definition) is 2. The maximum absolute atomic E-state index is 16.7. The number of aryl methyl sites for hydroxylation is 1. The molecule has 3 N–H and O–H groups in total. The zero-order valence-electron chi connectivity index (χ0n) is 25.2. The summed E-state index contributed by atoms with van der Waals surface area (Å²) in [7, 11) is 0. The maximum atomic E-state index is 16.7. The van der Waals surface area contributed by atoms with Gasteiger partial charge in [0.2, 0.25) is 0 Å². The van der Waals surface area contributed by atoms with Gasteiger partial charge in [0.15, 0.2) is 5.82 Å². The summed E-state index contributed by atoms with van der Waals surface area (Å²) in [6.07, 6.45) is -4.56. The van der Waals surface area contributed by atoms with Gasteiger partial charge in [0, 0.05) is 56.5 Å². The van der Waals surface area contributed by atoms with Crippen molar-refractivity contribution in [2.45, 2.75) is 74.9 Å². The van der Waals surface area contributed by atoms with E-state index in [0.29, 0.717) is 13.1 Å². The lowest BCUT2D eigenvalue weighted by Gasteiger charge is -2.34. The first kappa shape index (κ1) is 31.1. The van der Waals surface area contributed by atoms with Crippen LogP contribution in [0.5, 0.6) is 6.01 Å². The summed E-state index contributed by atoms with van der Waals surface area (Å²) in [6.45, 7) is 2.03. The Morgan fingerprint density at radius 3 is 2.45 bits per heavy atom. The molecule has 8 rings (SSSR count). The number of alkyl halides is 6. The van der Waals surface area contributed by atoms with E-state index in [1.165, 1.54) is 13.0 Å². The minimum Gasteiger partial charge on any atom is -0.461 e. The lowest BCUT2D eigenvalue weighted by molar-refractivity contribution is -0.137. The van der Waals surface area contributed by atoms with Crippen LogP contribution in [0.3, 0.4) is 0 Å². The molecule has 3 aromatic rings. The van der Waals surface area contributed by atoms with Crippen molar-refractivity contribution in [3.05, 3.63) is 34.1 Å². The van der Waals surface area contributed by atoms with Gasteiger partial charge >= 0.3 is 12.2 Å². The van der Waals surface area contributed by atoms with E-state index in [2.05, 4.69) is 20.3 Å². The quantitative estimate of drug-likeness (QED) is 0.320. The number of anilines is 2. The van der Waals surface area contributed by atoms with Crippen LogP contribution in [0.1, 0.15) is 43.2 Å². The number of aromatic nitrogens is 3. The number of piperazine rings is 1. The molecule has 5 fully saturated rings. The first-order chi connectivity index (χ1) is 22.1. The van der Waals surface area contributed by atoms with Crippen molar-refractivity contribution < 1.29 is 35.5 Å². The molecule has 1 aliphatic carbocycles. The average molecular weight is 686 g/mol. The Balaban J connectivity index is 1.25. The van der Waals surface area contributed by atoms with Crippen molar-refractivity contribution >= 4 is 34.1 Å². The van der Waals surface area contributed by atoms with Gasteiger partial charge in [-0.3, -0.25) is 4.90 Å². The Labute approximate surface area is 269 Å². The zero-order chi connectivity index (χ0) is 33.3. The molecule has 6 heterocycles. The van der Waals surface area contributed by atoms with Crippen molar-refractivity contribution in [1.82, 2.24) is 25.2 Å². The van der Waals surface area contributed by atoms with Crippen LogP contribution in [-0.2, 0) is 6.18 Å². The fourth-order valence-electron chi connectivity index (χ4n) is 8.54. The highest BCUT2D eigenvalue weighted by molar-refractivity contribution is 6.34. The molecule has 5 atom stereocenters. The smallest absolute Gasteiger partial charge is 0.418 e. The van der Waals surface area contributed by atoms with Gasteiger partial charge in [-0.1, -0.05) is 11.6 Å². The van der Waals surface area contributed by atoms with E-state index < -0.39 is 51.9 Å². The minimum absolute atomic E-state index is 0.000772. The molecule has 4 aliphatic heterocycles. The lowest BCUT2D eigenvalue weighted by Crippen LogP contribution is -2.51. The number of pyridine rings is 1. The topological polar surface area (TPSA) is 92.4 Å². The Kier molecular flexibility index (Phi) is 6.74. The molecular weight excluding hydrogens is 655 g/mol. The third-order valence-electron chi connectivity index (χ3n) is 10.6. The van der Waals surface area contributed by atoms with Gasteiger partial charge in [-0.2, -0.15) is 23.1 Å². The molecule has 16 heteroatoms. The second-order valence-electron chi connectivity index (χ2n) is 13.9. The fraction of sp³-hybridized carbons (Fsp3) is 0.581. The van der Waals surface area contributed by atoms with E-state index in [1.807, 2.05) is 4.90 Å². The number of fused-ring (bicyclic) bond motifs is 4. The van der Waals surface area contributed by atoms with Crippen LogP contribution in [0.2, 0.25) is 5.02 Å². The summed E-state index contributed by atoms with van der Waals surface area (Å²) < 4.78 is 109. The monoisotopic (exact) mass is 685 g/mol. The molecule has 47 heavy (non-hydrogen) atoms. The highest BCUT2D eigenvalue weighted by Gasteiger charge is 2.77. The van der Waals surface area contributed by atoms with E-state index in [1.54, 1.807) is 4.90 Å². The molecule has 1 spiro atoms. The van der Waals surface area contributed by atoms with Crippen LogP contribution in [0.25, 0.3) is 22.2 Å².